The van der Waals surface area contributed by atoms with E-state index in [0.717, 1.165) is 5.56 Å². The monoisotopic (exact) mass is 133 g/mol. The van der Waals surface area contributed by atoms with Crippen molar-refractivity contribution in [2.45, 2.75) is 19.8 Å². The van der Waals surface area contributed by atoms with Gasteiger partial charge in [-0.1, -0.05) is 38.1 Å². The van der Waals surface area contributed by atoms with Crippen LogP contribution in [0.5, 0.6) is 0 Å². The molecule has 0 atom stereocenters. The van der Waals surface area contributed by atoms with Crippen LogP contribution in [0.15, 0.2) is 24.3 Å². The molecule has 1 radical (unpaired) electrons. The zero-order valence-corrected chi connectivity index (χ0v) is 6.59. The Morgan fingerprint density at radius 2 is 1.80 bits per heavy atom. The summed E-state index contributed by atoms with van der Waals surface area (Å²) in [5, 5.41) is 0. The second-order valence-corrected chi connectivity index (χ2v) is 2.85. The van der Waals surface area contributed by atoms with Gasteiger partial charge in [-0.25, -0.2) is 0 Å². The van der Waals surface area contributed by atoms with Gasteiger partial charge in [-0.05, 0) is 24.0 Å². The molecule has 53 valence electrons. The van der Waals surface area contributed by atoms with Crippen LogP contribution in [0.2, 0.25) is 0 Å². The third kappa shape index (κ3) is 1.38. The van der Waals surface area contributed by atoms with Gasteiger partial charge in [0.15, 0.2) is 0 Å². The standard InChI is InChI=1S/C10H13/c1-8(2)10-7-5-4-6-9(10)3/h4-8H,3H2,1-2H3. The van der Waals surface area contributed by atoms with Crippen LogP contribution in [0.25, 0.3) is 0 Å². The quantitative estimate of drug-likeness (QED) is 0.552. The van der Waals surface area contributed by atoms with Crippen LogP contribution in [0.4, 0.5) is 0 Å². The minimum absolute atomic E-state index is 0.591. The van der Waals surface area contributed by atoms with E-state index in [1.807, 2.05) is 6.07 Å². The average molecular weight is 133 g/mol. The molecule has 0 aromatic heterocycles. The summed E-state index contributed by atoms with van der Waals surface area (Å²) in [6, 6.07) is 8.26. The van der Waals surface area contributed by atoms with Gasteiger partial charge in [0.1, 0.15) is 0 Å². The van der Waals surface area contributed by atoms with E-state index in [1.165, 1.54) is 5.56 Å². The highest BCUT2D eigenvalue weighted by Gasteiger charge is 1.99. The highest BCUT2D eigenvalue weighted by Crippen LogP contribution is 2.17. The molecule has 0 bridgehead atoms. The van der Waals surface area contributed by atoms with Crippen molar-refractivity contribution in [3.8, 4) is 0 Å². The van der Waals surface area contributed by atoms with Crippen LogP contribution >= 0.6 is 0 Å². The Kier molecular flexibility index (Phi) is 2.10. The normalized spacial score (nSPS) is 10.4. The number of benzene rings is 1. The maximum Gasteiger partial charge on any atom is -0.0216 e. The van der Waals surface area contributed by atoms with E-state index in [1.54, 1.807) is 0 Å². The minimum Gasteiger partial charge on any atom is -0.0620 e. The Hall–Kier alpha value is -0.780. The van der Waals surface area contributed by atoms with Gasteiger partial charge in [-0.15, -0.1) is 0 Å². The van der Waals surface area contributed by atoms with Crippen LogP contribution in [0.1, 0.15) is 30.9 Å². The average Bonchev–Trinajstić information content (AvgIpc) is 1.88. The van der Waals surface area contributed by atoms with Gasteiger partial charge < -0.3 is 0 Å². The molecule has 0 saturated carbocycles. The Balaban J connectivity index is 3.03. The first-order chi connectivity index (χ1) is 4.72. The van der Waals surface area contributed by atoms with Crippen molar-refractivity contribution in [1.29, 1.82) is 0 Å². The lowest BCUT2D eigenvalue weighted by atomic mass is 9.99. The van der Waals surface area contributed by atoms with E-state index in [2.05, 4.69) is 39.0 Å². The molecule has 0 unspecified atom stereocenters. The van der Waals surface area contributed by atoms with E-state index < -0.39 is 0 Å². The molecule has 0 nitrogen and oxygen atoms in total. The highest BCUT2D eigenvalue weighted by molar-refractivity contribution is 5.31. The van der Waals surface area contributed by atoms with Crippen LogP contribution in [-0.2, 0) is 0 Å². The van der Waals surface area contributed by atoms with Crippen molar-refractivity contribution in [2.24, 2.45) is 0 Å². The van der Waals surface area contributed by atoms with Crippen molar-refractivity contribution in [1.82, 2.24) is 0 Å². The van der Waals surface area contributed by atoms with Crippen molar-refractivity contribution < 1.29 is 0 Å². The molecule has 0 aliphatic heterocycles. The molecule has 1 rings (SSSR count). The van der Waals surface area contributed by atoms with Gasteiger partial charge in [-0.2, -0.15) is 0 Å². The minimum atomic E-state index is 0.591. The summed E-state index contributed by atoms with van der Waals surface area (Å²) in [6.07, 6.45) is 0. The van der Waals surface area contributed by atoms with Crippen molar-refractivity contribution in [3.05, 3.63) is 42.3 Å². The predicted molar refractivity (Wildman–Crippen MR) is 45.0 cm³/mol. The van der Waals surface area contributed by atoms with Gasteiger partial charge in [-0.3, -0.25) is 0 Å². The fourth-order valence-corrected chi connectivity index (χ4v) is 1.10. The molecule has 1 aromatic rings. The summed E-state index contributed by atoms with van der Waals surface area (Å²) in [5.74, 6) is 0.591. The Morgan fingerprint density at radius 3 is 2.20 bits per heavy atom. The summed E-state index contributed by atoms with van der Waals surface area (Å²) in [5.41, 5.74) is 2.50. The fourth-order valence-electron chi connectivity index (χ4n) is 1.10. The van der Waals surface area contributed by atoms with Crippen molar-refractivity contribution >= 4 is 0 Å². The van der Waals surface area contributed by atoms with Crippen molar-refractivity contribution in [3.63, 3.8) is 0 Å². The second kappa shape index (κ2) is 2.87. The zero-order valence-electron chi connectivity index (χ0n) is 6.59. The van der Waals surface area contributed by atoms with E-state index in [0.29, 0.717) is 5.92 Å². The van der Waals surface area contributed by atoms with Crippen molar-refractivity contribution in [2.75, 3.05) is 0 Å². The third-order valence-corrected chi connectivity index (χ3v) is 1.68. The molecule has 0 heterocycles. The summed E-state index contributed by atoms with van der Waals surface area (Å²) in [4.78, 5) is 0. The molecule has 0 aliphatic carbocycles. The first kappa shape index (κ1) is 7.33. The highest BCUT2D eigenvalue weighted by atomic mass is 14.0. The molecule has 10 heavy (non-hydrogen) atoms. The number of rotatable bonds is 1. The Bertz CT molecular complexity index is 211. The molecule has 0 aliphatic rings. The van der Waals surface area contributed by atoms with E-state index in [9.17, 15) is 0 Å². The van der Waals surface area contributed by atoms with Gasteiger partial charge in [0.25, 0.3) is 0 Å². The lowest BCUT2D eigenvalue weighted by molar-refractivity contribution is 0.862. The molecule has 0 spiro atoms. The van der Waals surface area contributed by atoms with Crippen LogP contribution in [-0.4, -0.2) is 0 Å². The van der Waals surface area contributed by atoms with Crippen LogP contribution < -0.4 is 0 Å². The number of hydrogen-bond donors (Lipinski definition) is 0. The van der Waals surface area contributed by atoms with Gasteiger partial charge in [0.05, 0.1) is 0 Å². The first-order valence-electron chi connectivity index (χ1n) is 3.62. The predicted octanol–water partition coefficient (Wildman–Crippen LogP) is 2.99. The van der Waals surface area contributed by atoms with Gasteiger partial charge >= 0.3 is 0 Å². The van der Waals surface area contributed by atoms with Crippen LogP contribution in [0.3, 0.4) is 0 Å². The lowest BCUT2D eigenvalue weighted by Gasteiger charge is -2.07. The van der Waals surface area contributed by atoms with E-state index in [4.69, 9.17) is 0 Å². The largest absolute Gasteiger partial charge is 0.0620 e. The van der Waals surface area contributed by atoms with Gasteiger partial charge in [0, 0.05) is 0 Å². The van der Waals surface area contributed by atoms with Gasteiger partial charge in [0.2, 0.25) is 0 Å². The molecule has 0 saturated heterocycles. The molecule has 0 N–H and O–H groups in total. The summed E-state index contributed by atoms with van der Waals surface area (Å²) in [7, 11) is 0. The third-order valence-electron chi connectivity index (χ3n) is 1.68. The zero-order chi connectivity index (χ0) is 7.56. The topological polar surface area (TPSA) is 0 Å². The summed E-state index contributed by atoms with van der Waals surface area (Å²) < 4.78 is 0. The lowest BCUT2D eigenvalue weighted by Crippen LogP contribution is -1.89. The molecular weight excluding hydrogens is 120 g/mol. The van der Waals surface area contributed by atoms with E-state index in [-0.39, 0.29) is 0 Å². The Labute approximate surface area is 62.9 Å². The molecule has 1 aromatic carbocycles. The second-order valence-electron chi connectivity index (χ2n) is 2.85. The smallest absolute Gasteiger partial charge is 0.0216 e. The summed E-state index contributed by atoms with van der Waals surface area (Å²) in [6.45, 7) is 8.31. The molecular formula is C10H13. The Morgan fingerprint density at radius 1 is 1.20 bits per heavy atom. The van der Waals surface area contributed by atoms with E-state index >= 15 is 0 Å². The maximum atomic E-state index is 3.94. The fraction of sp³-hybridized carbons (Fsp3) is 0.300. The SMILES string of the molecule is [CH2]c1ccccc1C(C)C. The summed E-state index contributed by atoms with van der Waals surface area (Å²) >= 11 is 0. The molecule has 0 fully saturated rings. The maximum absolute atomic E-state index is 3.94. The molecule has 0 amide bonds. The van der Waals surface area contributed by atoms with Crippen LogP contribution in [0, 0.1) is 6.92 Å². The number of hydrogen-bond acceptors (Lipinski definition) is 0. The molecule has 0 heteroatoms. The first-order valence-corrected chi connectivity index (χ1v) is 3.62.